The number of aromatic amines is 1. The van der Waals surface area contributed by atoms with Crippen LogP contribution in [0.1, 0.15) is 18.3 Å². The predicted molar refractivity (Wildman–Crippen MR) is 74.2 cm³/mol. The molecule has 98 valence electrons. The Morgan fingerprint density at radius 2 is 2.50 bits per heavy atom. The fourth-order valence-corrected chi connectivity index (χ4v) is 2.22. The molecule has 18 heavy (non-hydrogen) atoms. The van der Waals surface area contributed by atoms with Gasteiger partial charge in [0.25, 0.3) is 0 Å². The highest BCUT2D eigenvalue weighted by molar-refractivity contribution is 7.99. The lowest BCUT2D eigenvalue weighted by Crippen LogP contribution is -2.37. The molecule has 1 atom stereocenters. The molecule has 0 saturated carbocycles. The van der Waals surface area contributed by atoms with E-state index in [4.69, 9.17) is 5.26 Å². The van der Waals surface area contributed by atoms with Crippen LogP contribution < -0.4 is 10.6 Å². The van der Waals surface area contributed by atoms with E-state index in [1.54, 1.807) is 13.4 Å². The number of H-pyrrole nitrogens is 1. The number of hydrogen-bond acceptors (Lipinski definition) is 4. The number of nitriles is 1. The van der Waals surface area contributed by atoms with Crippen molar-refractivity contribution in [1.29, 1.82) is 5.26 Å². The van der Waals surface area contributed by atoms with Gasteiger partial charge in [-0.25, -0.2) is 4.98 Å². The van der Waals surface area contributed by atoms with Gasteiger partial charge in [0, 0.05) is 30.3 Å². The van der Waals surface area contributed by atoms with Gasteiger partial charge in [0.2, 0.25) is 5.96 Å². The molecule has 0 radical (unpaired) electrons. The van der Waals surface area contributed by atoms with Crippen LogP contribution in [-0.4, -0.2) is 34.8 Å². The van der Waals surface area contributed by atoms with Crippen molar-refractivity contribution in [2.24, 2.45) is 4.99 Å². The summed E-state index contributed by atoms with van der Waals surface area (Å²) in [6.45, 7) is 4.89. The zero-order chi connectivity index (χ0) is 13.4. The maximum atomic E-state index is 8.49. The van der Waals surface area contributed by atoms with Crippen molar-refractivity contribution in [2.75, 3.05) is 13.6 Å². The van der Waals surface area contributed by atoms with E-state index >= 15 is 0 Å². The van der Waals surface area contributed by atoms with Crippen LogP contribution >= 0.6 is 11.8 Å². The average Bonchev–Trinajstić information content (AvgIpc) is 2.77. The average molecular weight is 266 g/mol. The minimum absolute atomic E-state index is 0.401. The standard InChI is InChI=1S/C11H18N6S/c1-8(4-14-11(13-3)15-6-12)18-5-10-9(2)16-7-17-10/h7-8H,4-5H2,1-3H3,(H,16,17)(H2,13,14,15). The number of hydrogen-bond donors (Lipinski definition) is 3. The number of aliphatic imine (C=N–C) groups is 1. The molecule has 0 bridgehead atoms. The Labute approximate surface area is 111 Å². The normalized spacial score (nSPS) is 12.9. The number of nitrogens with one attached hydrogen (secondary N) is 3. The third-order valence-corrected chi connectivity index (χ3v) is 3.57. The van der Waals surface area contributed by atoms with Crippen molar-refractivity contribution in [3.8, 4) is 6.19 Å². The van der Waals surface area contributed by atoms with Crippen molar-refractivity contribution >= 4 is 17.7 Å². The van der Waals surface area contributed by atoms with Crippen molar-refractivity contribution in [3.05, 3.63) is 17.7 Å². The van der Waals surface area contributed by atoms with Crippen LogP contribution in [0, 0.1) is 18.4 Å². The zero-order valence-corrected chi connectivity index (χ0v) is 11.6. The Balaban J connectivity index is 2.28. The van der Waals surface area contributed by atoms with Crippen molar-refractivity contribution < 1.29 is 0 Å². The van der Waals surface area contributed by atoms with Gasteiger partial charge >= 0.3 is 0 Å². The van der Waals surface area contributed by atoms with E-state index in [0.717, 1.165) is 23.7 Å². The molecule has 1 aromatic heterocycles. The van der Waals surface area contributed by atoms with Crippen LogP contribution in [0.25, 0.3) is 0 Å². The van der Waals surface area contributed by atoms with Gasteiger partial charge in [-0.2, -0.15) is 17.0 Å². The first kappa shape index (κ1) is 14.4. The number of thioether (sulfide) groups is 1. The molecule has 1 heterocycles. The Kier molecular flexibility index (Phi) is 6.08. The van der Waals surface area contributed by atoms with E-state index in [1.807, 2.05) is 24.9 Å². The predicted octanol–water partition coefficient (Wildman–Crippen LogP) is 0.986. The Hall–Kier alpha value is -1.68. The van der Waals surface area contributed by atoms with Crippen molar-refractivity contribution in [3.63, 3.8) is 0 Å². The summed E-state index contributed by atoms with van der Waals surface area (Å²) in [6, 6.07) is 0. The van der Waals surface area contributed by atoms with E-state index in [0.29, 0.717) is 11.2 Å². The molecule has 3 N–H and O–H groups in total. The number of aryl methyl sites for hydroxylation is 1. The Bertz CT molecular complexity index is 433. The van der Waals surface area contributed by atoms with Gasteiger partial charge in [-0.15, -0.1) is 0 Å². The molecule has 0 aliphatic carbocycles. The van der Waals surface area contributed by atoms with Gasteiger partial charge in [0.05, 0.1) is 12.0 Å². The van der Waals surface area contributed by atoms with Crippen LogP contribution in [0.15, 0.2) is 11.3 Å². The van der Waals surface area contributed by atoms with E-state index in [2.05, 4.69) is 32.5 Å². The van der Waals surface area contributed by atoms with E-state index in [1.165, 1.54) is 0 Å². The molecule has 1 unspecified atom stereocenters. The van der Waals surface area contributed by atoms with Crippen LogP contribution in [0.5, 0.6) is 0 Å². The maximum Gasteiger partial charge on any atom is 0.204 e. The maximum absolute atomic E-state index is 8.49. The first-order chi connectivity index (χ1) is 8.67. The summed E-state index contributed by atoms with van der Waals surface area (Å²) in [4.78, 5) is 11.2. The number of nitrogens with zero attached hydrogens (tertiary/aromatic N) is 3. The monoisotopic (exact) mass is 266 g/mol. The largest absolute Gasteiger partial charge is 0.354 e. The van der Waals surface area contributed by atoms with Gasteiger partial charge in [0.15, 0.2) is 6.19 Å². The van der Waals surface area contributed by atoms with Crippen molar-refractivity contribution in [1.82, 2.24) is 20.6 Å². The highest BCUT2D eigenvalue weighted by atomic mass is 32.2. The Morgan fingerprint density at radius 1 is 1.72 bits per heavy atom. The SMILES string of the molecule is CN=C(NC#N)NCC(C)SCc1nc[nH]c1C. The molecule has 0 saturated heterocycles. The van der Waals surface area contributed by atoms with Crippen LogP contribution in [0.4, 0.5) is 0 Å². The summed E-state index contributed by atoms with van der Waals surface area (Å²) in [7, 11) is 1.64. The van der Waals surface area contributed by atoms with E-state index in [-0.39, 0.29) is 0 Å². The third-order valence-electron chi connectivity index (χ3n) is 2.39. The lowest BCUT2D eigenvalue weighted by molar-refractivity contribution is 0.833. The fraction of sp³-hybridized carbons (Fsp3) is 0.545. The summed E-state index contributed by atoms with van der Waals surface area (Å²) < 4.78 is 0. The minimum atomic E-state index is 0.401. The minimum Gasteiger partial charge on any atom is -0.354 e. The molecule has 7 heteroatoms. The van der Waals surface area contributed by atoms with Crippen LogP contribution in [0.3, 0.4) is 0 Å². The van der Waals surface area contributed by atoms with Crippen LogP contribution in [-0.2, 0) is 5.75 Å². The van der Waals surface area contributed by atoms with Crippen molar-refractivity contribution in [2.45, 2.75) is 24.9 Å². The lowest BCUT2D eigenvalue weighted by atomic mass is 10.4. The number of imidazole rings is 1. The molecule has 0 aliphatic rings. The summed E-state index contributed by atoms with van der Waals surface area (Å²) >= 11 is 1.81. The van der Waals surface area contributed by atoms with Gasteiger partial charge < -0.3 is 10.3 Å². The summed E-state index contributed by atoms with van der Waals surface area (Å²) in [5.74, 6) is 1.38. The van der Waals surface area contributed by atoms with Gasteiger partial charge in [-0.05, 0) is 6.92 Å². The van der Waals surface area contributed by atoms with Gasteiger partial charge in [-0.1, -0.05) is 6.92 Å². The first-order valence-corrected chi connectivity index (χ1v) is 6.68. The number of rotatable bonds is 5. The molecular formula is C11H18N6S. The quantitative estimate of drug-likeness (QED) is 0.320. The molecular weight excluding hydrogens is 248 g/mol. The smallest absolute Gasteiger partial charge is 0.204 e. The molecule has 1 rings (SSSR count). The van der Waals surface area contributed by atoms with Crippen LogP contribution in [0.2, 0.25) is 0 Å². The molecule has 0 aliphatic heterocycles. The number of guanidine groups is 1. The zero-order valence-electron chi connectivity index (χ0n) is 10.8. The second-order valence-electron chi connectivity index (χ2n) is 3.79. The first-order valence-electron chi connectivity index (χ1n) is 5.63. The molecule has 0 aromatic carbocycles. The molecule has 0 amide bonds. The summed E-state index contributed by atoms with van der Waals surface area (Å²) in [6.07, 6.45) is 3.56. The van der Waals surface area contributed by atoms with E-state index < -0.39 is 0 Å². The topological polar surface area (TPSA) is 88.9 Å². The molecule has 0 fully saturated rings. The van der Waals surface area contributed by atoms with Gasteiger partial charge in [-0.3, -0.25) is 10.3 Å². The summed E-state index contributed by atoms with van der Waals surface area (Å²) in [5.41, 5.74) is 2.20. The fourth-order valence-electron chi connectivity index (χ4n) is 1.29. The highest BCUT2D eigenvalue weighted by Crippen LogP contribution is 2.17. The molecule has 1 aromatic rings. The van der Waals surface area contributed by atoms with Gasteiger partial charge in [0.1, 0.15) is 0 Å². The Morgan fingerprint density at radius 3 is 3.06 bits per heavy atom. The third kappa shape index (κ3) is 4.67. The second kappa shape index (κ2) is 7.61. The molecule has 6 nitrogen and oxygen atoms in total. The second-order valence-corrected chi connectivity index (χ2v) is 5.21. The van der Waals surface area contributed by atoms with E-state index in [9.17, 15) is 0 Å². The number of aromatic nitrogens is 2. The molecule has 0 spiro atoms. The lowest BCUT2D eigenvalue weighted by Gasteiger charge is -2.13. The summed E-state index contributed by atoms with van der Waals surface area (Å²) in [5, 5.41) is 14.5. The highest BCUT2D eigenvalue weighted by Gasteiger charge is 2.07.